The van der Waals surface area contributed by atoms with Crippen LogP contribution in [0.25, 0.3) is 0 Å². The lowest BCUT2D eigenvalue weighted by molar-refractivity contribution is 0.549. The van der Waals surface area contributed by atoms with E-state index in [1.807, 2.05) is 0 Å². The van der Waals surface area contributed by atoms with Gasteiger partial charge < -0.3 is 5.73 Å². The van der Waals surface area contributed by atoms with Crippen LogP contribution in [-0.2, 0) is 10.0 Å². The Morgan fingerprint density at radius 2 is 2.00 bits per heavy atom. The minimum Gasteiger partial charge on any atom is -0.328 e. The second-order valence-corrected chi connectivity index (χ2v) is 6.91. The summed E-state index contributed by atoms with van der Waals surface area (Å²) in [5.41, 5.74) is 5.75. The van der Waals surface area contributed by atoms with E-state index in [-0.39, 0.29) is 27.0 Å². The zero-order valence-corrected chi connectivity index (χ0v) is 11.9. The summed E-state index contributed by atoms with van der Waals surface area (Å²) >= 11 is 11.7. The molecule has 0 bridgehead atoms. The summed E-state index contributed by atoms with van der Waals surface area (Å²) < 4.78 is 27.0. The highest BCUT2D eigenvalue weighted by atomic mass is 35.5. The van der Waals surface area contributed by atoms with Gasteiger partial charge in [-0.1, -0.05) is 29.3 Å². The van der Waals surface area contributed by atoms with Gasteiger partial charge in [-0.3, -0.25) is 0 Å². The Hall–Kier alpha value is -0.330. The molecule has 1 saturated carbocycles. The van der Waals surface area contributed by atoms with Crippen LogP contribution in [0.2, 0.25) is 10.0 Å². The van der Waals surface area contributed by atoms with Crippen LogP contribution in [-0.4, -0.2) is 20.5 Å². The Morgan fingerprint density at radius 1 is 1.28 bits per heavy atom. The lowest BCUT2D eigenvalue weighted by atomic mass is 10.2. The molecule has 2 rings (SSSR count). The second-order valence-electron chi connectivity index (χ2n) is 4.44. The number of nitrogens with two attached hydrogens (primary N) is 1. The van der Waals surface area contributed by atoms with Gasteiger partial charge in [0.2, 0.25) is 10.0 Å². The molecule has 7 heteroatoms. The van der Waals surface area contributed by atoms with Crippen molar-refractivity contribution in [2.45, 2.75) is 36.2 Å². The Labute approximate surface area is 117 Å². The molecule has 1 aliphatic rings. The maximum Gasteiger partial charge on any atom is 0.242 e. The number of hydrogen-bond donors (Lipinski definition) is 2. The maximum atomic E-state index is 12.2. The van der Waals surface area contributed by atoms with Crippen LogP contribution < -0.4 is 10.5 Å². The van der Waals surface area contributed by atoms with Gasteiger partial charge in [-0.15, -0.1) is 0 Å². The number of halogens is 2. The summed E-state index contributed by atoms with van der Waals surface area (Å²) in [4.78, 5) is 0.0112. The van der Waals surface area contributed by atoms with E-state index >= 15 is 0 Å². The first-order valence-corrected chi connectivity index (χ1v) is 7.86. The van der Waals surface area contributed by atoms with Crippen LogP contribution >= 0.6 is 23.2 Å². The fraction of sp³-hybridized carbons (Fsp3) is 0.455. The number of sulfonamides is 1. The third-order valence-electron chi connectivity index (χ3n) is 3.00. The minimum atomic E-state index is -3.64. The Morgan fingerprint density at radius 3 is 2.61 bits per heavy atom. The predicted octanol–water partition coefficient (Wildman–Crippen LogP) is 2.15. The molecule has 0 radical (unpaired) electrons. The third-order valence-corrected chi connectivity index (χ3v) is 5.49. The van der Waals surface area contributed by atoms with Gasteiger partial charge in [0, 0.05) is 12.1 Å². The lowest BCUT2D eigenvalue weighted by Gasteiger charge is -2.14. The number of rotatable bonds is 3. The third kappa shape index (κ3) is 2.97. The highest BCUT2D eigenvalue weighted by Crippen LogP contribution is 2.29. The Balaban J connectivity index is 2.23. The smallest absolute Gasteiger partial charge is 0.242 e. The fourth-order valence-corrected chi connectivity index (χ4v) is 4.14. The van der Waals surface area contributed by atoms with E-state index in [0.717, 1.165) is 12.8 Å². The van der Waals surface area contributed by atoms with Gasteiger partial charge in [0.15, 0.2) is 0 Å². The summed E-state index contributed by atoms with van der Waals surface area (Å²) in [7, 11) is -3.64. The highest BCUT2D eigenvalue weighted by molar-refractivity contribution is 7.89. The van der Waals surface area contributed by atoms with Crippen molar-refractivity contribution in [1.82, 2.24) is 4.72 Å². The molecule has 0 saturated heterocycles. The van der Waals surface area contributed by atoms with E-state index in [4.69, 9.17) is 28.9 Å². The molecule has 0 unspecified atom stereocenters. The average molecular weight is 309 g/mol. The first-order chi connectivity index (χ1) is 8.40. The molecular weight excluding hydrogens is 295 g/mol. The normalized spacial score (nSPS) is 24.4. The molecule has 1 aromatic rings. The molecule has 18 heavy (non-hydrogen) atoms. The van der Waals surface area contributed by atoms with E-state index in [2.05, 4.69) is 4.72 Å². The van der Waals surface area contributed by atoms with Crippen molar-refractivity contribution in [2.75, 3.05) is 0 Å². The topological polar surface area (TPSA) is 72.2 Å². The quantitative estimate of drug-likeness (QED) is 0.898. The molecule has 2 atom stereocenters. The monoisotopic (exact) mass is 308 g/mol. The molecule has 0 amide bonds. The number of benzene rings is 1. The van der Waals surface area contributed by atoms with E-state index in [1.165, 1.54) is 6.07 Å². The largest absolute Gasteiger partial charge is 0.328 e. The van der Waals surface area contributed by atoms with Crippen LogP contribution in [0.4, 0.5) is 0 Å². The molecule has 0 aliphatic heterocycles. The highest BCUT2D eigenvalue weighted by Gasteiger charge is 2.28. The van der Waals surface area contributed by atoms with E-state index in [1.54, 1.807) is 12.1 Å². The van der Waals surface area contributed by atoms with Crippen molar-refractivity contribution in [3.63, 3.8) is 0 Å². The van der Waals surface area contributed by atoms with Crippen molar-refractivity contribution < 1.29 is 8.42 Å². The first kappa shape index (κ1) is 14.1. The van der Waals surface area contributed by atoms with E-state index in [9.17, 15) is 8.42 Å². The van der Waals surface area contributed by atoms with Gasteiger partial charge in [0.05, 0.1) is 10.0 Å². The average Bonchev–Trinajstić information content (AvgIpc) is 2.67. The van der Waals surface area contributed by atoms with Crippen molar-refractivity contribution >= 4 is 33.2 Å². The van der Waals surface area contributed by atoms with Gasteiger partial charge >= 0.3 is 0 Å². The maximum absolute atomic E-state index is 12.2. The first-order valence-electron chi connectivity index (χ1n) is 5.62. The summed E-state index contributed by atoms with van der Waals surface area (Å²) in [6, 6.07) is 4.48. The molecule has 3 N–H and O–H groups in total. The zero-order chi connectivity index (χ0) is 13.3. The number of nitrogens with one attached hydrogen (secondary N) is 1. The van der Waals surface area contributed by atoms with Gasteiger partial charge in [-0.25, -0.2) is 13.1 Å². The van der Waals surface area contributed by atoms with Crippen LogP contribution in [0.3, 0.4) is 0 Å². The van der Waals surface area contributed by atoms with Crippen LogP contribution in [0.15, 0.2) is 23.1 Å². The molecule has 1 fully saturated rings. The van der Waals surface area contributed by atoms with Crippen LogP contribution in [0.5, 0.6) is 0 Å². The van der Waals surface area contributed by atoms with Crippen molar-refractivity contribution in [3.8, 4) is 0 Å². The predicted molar refractivity (Wildman–Crippen MR) is 72.4 cm³/mol. The standard InChI is InChI=1S/C11H14Cl2N2O2S/c12-9-2-1-3-10(11(9)13)18(16,17)15-8-5-4-7(14)6-8/h1-3,7-8,15H,4-6,14H2/t7-,8-/m1/s1. The summed E-state index contributed by atoms with van der Waals surface area (Å²) in [5, 5.41) is 0.275. The molecule has 0 heterocycles. The van der Waals surface area contributed by atoms with Crippen LogP contribution in [0.1, 0.15) is 19.3 Å². The SMILES string of the molecule is N[C@@H]1CC[C@@H](NS(=O)(=O)c2cccc(Cl)c2Cl)C1. The molecule has 0 spiro atoms. The molecule has 0 aromatic heterocycles. The molecular formula is C11H14Cl2N2O2S. The Kier molecular flexibility index (Phi) is 4.18. The van der Waals surface area contributed by atoms with Gasteiger partial charge in [0.1, 0.15) is 4.90 Å². The fourth-order valence-electron chi connectivity index (χ4n) is 2.10. The number of hydrogen-bond acceptors (Lipinski definition) is 3. The zero-order valence-electron chi connectivity index (χ0n) is 9.57. The van der Waals surface area contributed by atoms with Crippen LogP contribution in [0, 0.1) is 0 Å². The van der Waals surface area contributed by atoms with Crippen molar-refractivity contribution in [2.24, 2.45) is 5.73 Å². The van der Waals surface area contributed by atoms with Gasteiger partial charge in [0.25, 0.3) is 0 Å². The van der Waals surface area contributed by atoms with Crippen molar-refractivity contribution in [1.29, 1.82) is 0 Å². The summed E-state index contributed by atoms with van der Waals surface area (Å²) in [6.07, 6.45) is 2.23. The van der Waals surface area contributed by atoms with Gasteiger partial charge in [-0.05, 0) is 31.4 Å². The van der Waals surface area contributed by atoms with E-state index < -0.39 is 10.0 Å². The van der Waals surface area contributed by atoms with Crippen molar-refractivity contribution in [3.05, 3.63) is 28.2 Å². The Bertz CT molecular complexity index is 548. The molecule has 4 nitrogen and oxygen atoms in total. The van der Waals surface area contributed by atoms with E-state index in [0.29, 0.717) is 6.42 Å². The molecule has 1 aromatic carbocycles. The molecule has 1 aliphatic carbocycles. The van der Waals surface area contributed by atoms with Gasteiger partial charge in [-0.2, -0.15) is 0 Å². The molecule has 100 valence electrons. The summed E-state index contributed by atoms with van der Waals surface area (Å²) in [6.45, 7) is 0. The summed E-state index contributed by atoms with van der Waals surface area (Å²) in [5.74, 6) is 0. The minimum absolute atomic E-state index is 0.0112. The lowest BCUT2D eigenvalue weighted by Crippen LogP contribution is -2.34. The second kappa shape index (κ2) is 5.35.